The van der Waals surface area contributed by atoms with Gasteiger partial charge < -0.3 is 9.84 Å². The number of unbranched alkanes of at least 4 members (excludes halogenated alkanes) is 1. The lowest BCUT2D eigenvalue weighted by Crippen LogP contribution is -2.41. The van der Waals surface area contributed by atoms with Crippen molar-refractivity contribution in [2.75, 3.05) is 6.61 Å². The van der Waals surface area contributed by atoms with Crippen molar-refractivity contribution in [2.45, 2.75) is 89.1 Å². The van der Waals surface area contributed by atoms with Crippen LogP contribution < -0.4 is 4.74 Å². The molecule has 1 aromatic carbocycles. The summed E-state index contributed by atoms with van der Waals surface area (Å²) in [5, 5.41) is 10.9. The van der Waals surface area contributed by atoms with Gasteiger partial charge in [0.05, 0.1) is 12.2 Å². The van der Waals surface area contributed by atoms with Crippen LogP contribution in [0, 0.1) is 17.6 Å². The lowest BCUT2D eigenvalue weighted by atomic mass is 9.67. The molecule has 0 aromatic heterocycles. The molecule has 2 fully saturated rings. The third kappa shape index (κ3) is 4.21. The SMILES string of the molecule is CCCCOc1ccc(C2CCC(C3(O)CCCCC3)CC2)c(F)c1F. The highest BCUT2D eigenvalue weighted by Gasteiger charge is 2.40. The van der Waals surface area contributed by atoms with Crippen LogP contribution in [0.2, 0.25) is 0 Å². The van der Waals surface area contributed by atoms with Gasteiger partial charge >= 0.3 is 0 Å². The number of rotatable bonds is 6. The van der Waals surface area contributed by atoms with Crippen molar-refractivity contribution in [3.05, 3.63) is 29.3 Å². The van der Waals surface area contributed by atoms with Crippen molar-refractivity contribution in [1.29, 1.82) is 0 Å². The summed E-state index contributed by atoms with van der Waals surface area (Å²) >= 11 is 0. The molecule has 2 aliphatic carbocycles. The molecule has 4 heteroatoms. The second-order valence-electron chi connectivity index (χ2n) is 8.20. The predicted octanol–water partition coefficient (Wildman–Crippen LogP) is 6.11. The highest BCUT2D eigenvalue weighted by atomic mass is 19.2. The molecule has 26 heavy (non-hydrogen) atoms. The number of halogens is 2. The number of aliphatic hydroxyl groups is 1. The highest BCUT2D eigenvalue weighted by molar-refractivity contribution is 5.33. The van der Waals surface area contributed by atoms with Crippen molar-refractivity contribution in [2.24, 2.45) is 5.92 Å². The average Bonchev–Trinajstić information content (AvgIpc) is 2.66. The van der Waals surface area contributed by atoms with Gasteiger partial charge in [-0.1, -0.05) is 38.7 Å². The van der Waals surface area contributed by atoms with Crippen LogP contribution in [0.4, 0.5) is 8.78 Å². The first kappa shape index (κ1) is 19.6. The van der Waals surface area contributed by atoms with Crippen molar-refractivity contribution in [3.8, 4) is 5.75 Å². The summed E-state index contributed by atoms with van der Waals surface area (Å²) in [6.45, 7) is 2.44. The lowest BCUT2D eigenvalue weighted by Gasteiger charge is -2.42. The molecule has 0 radical (unpaired) electrons. The van der Waals surface area contributed by atoms with Gasteiger partial charge in [-0.05, 0) is 68.4 Å². The third-order valence-corrected chi connectivity index (χ3v) is 6.48. The molecular weight excluding hydrogens is 334 g/mol. The summed E-state index contributed by atoms with van der Waals surface area (Å²) in [6.07, 6.45) is 10.4. The molecule has 2 aliphatic rings. The first-order chi connectivity index (χ1) is 12.5. The second kappa shape index (κ2) is 8.69. The van der Waals surface area contributed by atoms with Gasteiger partial charge in [-0.3, -0.25) is 0 Å². The topological polar surface area (TPSA) is 29.5 Å². The molecule has 0 heterocycles. The first-order valence-electron chi connectivity index (χ1n) is 10.4. The maximum absolute atomic E-state index is 14.6. The number of hydrogen-bond donors (Lipinski definition) is 1. The van der Waals surface area contributed by atoms with E-state index in [1.807, 2.05) is 6.92 Å². The smallest absolute Gasteiger partial charge is 0.200 e. The number of benzene rings is 1. The van der Waals surface area contributed by atoms with Crippen LogP contribution >= 0.6 is 0 Å². The van der Waals surface area contributed by atoms with Gasteiger partial charge in [-0.15, -0.1) is 0 Å². The van der Waals surface area contributed by atoms with E-state index in [4.69, 9.17) is 4.74 Å². The van der Waals surface area contributed by atoms with Gasteiger partial charge in [0.2, 0.25) is 5.82 Å². The van der Waals surface area contributed by atoms with Gasteiger partial charge in [0, 0.05) is 0 Å². The molecule has 1 aromatic rings. The summed E-state index contributed by atoms with van der Waals surface area (Å²) in [5.41, 5.74) is -0.0521. The molecule has 0 aliphatic heterocycles. The monoisotopic (exact) mass is 366 g/mol. The normalized spacial score (nSPS) is 25.8. The van der Waals surface area contributed by atoms with E-state index in [2.05, 4.69) is 0 Å². The van der Waals surface area contributed by atoms with E-state index in [0.29, 0.717) is 18.1 Å². The third-order valence-electron chi connectivity index (χ3n) is 6.48. The molecule has 0 saturated heterocycles. The zero-order valence-corrected chi connectivity index (χ0v) is 15.9. The number of ether oxygens (including phenoxy) is 1. The Labute approximate surface area is 155 Å². The van der Waals surface area contributed by atoms with Crippen LogP contribution in [-0.2, 0) is 0 Å². The Bertz CT molecular complexity index is 588. The van der Waals surface area contributed by atoms with Crippen LogP contribution in [-0.4, -0.2) is 17.3 Å². The summed E-state index contributed by atoms with van der Waals surface area (Å²) < 4.78 is 34.3. The van der Waals surface area contributed by atoms with Gasteiger partial charge in [0.1, 0.15) is 0 Å². The summed E-state index contributed by atoms with van der Waals surface area (Å²) in [4.78, 5) is 0. The molecule has 0 spiro atoms. The molecule has 0 amide bonds. The fourth-order valence-electron chi connectivity index (χ4n) is 4.81. The van der Waals surface area contributed by atoms with Crippen molar-refractivity contribution < 1.29 is 18.6 Å². The number of hydrogen-bond acceptors (Lipinski definition) is 2. The summed E-state index contributed by atoms with van der Waals surface area (Å²) in [5.74, 6) is -1.24. The van der Waals surface area contributed by atoms with E-state index in [1.165, 1.54) is 6.42 Å². The zero-order valence-electron chi connectivity index (χ0n) is 15.9. The van der Waals surface area contributed by atoms with Crippen molar-refractivity contribution in [1.82, 2.24) is 0 Å². The molecule has 2 nitrogen and oxygen atoms in total. The van der Waals surface area contributed by atoms with Crippen LogP contribution in [0.25, 0.3) is 0 Å². The molecular formula is C22H32F2O2. The van der Waals surface area contributed by atoms with Gasteiger partial charge in [-0.2, -0.15) is 4.39 Å². The molecule has 3 rings (SSSR count). The van der Waals surface area contributed by atoms with E-state index >= 15 is 0 Å². The van der Waals surface area contributed by atoms with Crippen LogP contribution in [0.3, 0.4) is 0 Å². The maximum Gasteiger partial charge on any atom is 0.200 e. The van der Waals surface area contributed by atoms with E-state index in [9.17, 15) is 13.9 Å². The summed E-state index contributed by atoms with van der Waals surface area (Å²) in [6, 6.07) is 3.27. The van der Waals surface area contributed by atoms with Gasteiger partial charge in [0.15, 0.2) is 11.6 Å². The molecule has 0 bridgehead atoms. The van der Waals surface area contributed by atoms with E-state index < -0.39 is 17.2 Å². The minimum Gasteiger partial charge on any atom is -0.490 e. The minimum absolute atomic E-state index is 0.0184. The molecule has 1 N–H and O–H groups in total. The van der Waals surface area contributed by atoms with Crippen molar-refractivity contribution >= 4 is 0 Å². The molecule has 2 saturated carbocycles. The fourth-order valence-corrected chi connectivity index (χ4v) is 4.81. The predicted molar refractivity (Wildman–Crippen MR) is 99.5 cm³/mol. The van der Waals surface area contributed by atoms with E-state index in [1.54, 1.807) is 12.1 Å². The van der Waals surface area contributed by atoms with Gasteiger partial charge in [-0.25, -0.2) is 4.39 Å². The molecule has 146 valence electrons. The molecule has 0 unspecified atom stereocenters. The Morgan fingerprint density at radius 1 is 1.04 bits per heavy atom. The summed E-state index contributed by atoms with van der Waals surface area (Å²) in [7, 11) is 0. The quantitative estimate of drug-likeness (QED) is 0.615. The standard InChI is InChI=1S/C22H32F2O2/c1-2-3-15-26-19-12-11-18(20(23)21(19)24)16-7-9-17(10-8-16)22(25)13-5-4-6-14-22/h11-12,16-17,25H,2-10,13-15H2,1H3. The average molecular weight is 366 g/mol. The maximum atomic E-state index is 14.6. The second-order valence-corrected chi connectivity index (χ2v) is 8.20. The Hall–Kier alpha value is -1.16. The van der Waals surface area contributed by atoms with Crippen LogP contribution in [0.1, 0.15) is 89.0 Å². The van der Waals surface area contributed by atoms with Crippen LogP contribution in [0.5, 0.6) is 5.75 Å². The highest BCUT2D eigenvalue weighted by Crippen LogP contribution is 2.46. The Balaban J connectivity index is 1.63. The van der Waals surface area contributed by atoms with Gasteiger partial charge in [0.25, 0.3) is 0 Å². The Morgan fingerprint density at radius 3 is 2.38 bits per heavy atom. The van der Waals surface area contributed by atoms with E-state index in [-0.39, 0.29) is 11.7 Å². The zero-order chi connectivity index (χ0) is 18.6. The Kier molecular flexibility index (Phi) is 6.55. The van der Waals surface area contributed by atoms with E-state index in [0.717, 1.165) is 64.2 Å². The molecule has 0 atom stereocenters. The van der Waals surface area contributed by atoms with Crippen molar-refractivity contribution in [3.63, 3.8) is 0 Å². The first-order valence-corrected chi connectivity index (χ1v) is 10.4. The minimum atomic E-state index is -0.855. The Morgan fingerprint density at radius 2 is 1.73 bits per heavy atom. The van der Waals surface area contributed by atoms with Crippen LogP contribution in [0.15, 0.2) is 12.1 Å². The fraction of sp³-hybridized carbons (Fsp3) is 0.727. The largest absolute Gasteiger partial charge is 0.490 e. The lowest BCUT2D eigenvalue weighted by molar-refractivity contribution is -0.0627.